The Labute approximate surface area is 182 Å². The fourth-order valence-electron chi connectivity index (χ4n) is 3.69. The molecule has 158 valence electrons. The van der Waals surface area contributed by atoms with E-state index in [9.17, 15) is 8.42 Å². The van der Waals surface area contributed by atoms with Gasteiger partial charge in [0.25, 0.3) is 0 Å². The largest absolute Gasteiger partial charge is 0.368 e. The number of nitrogens with zero attached hydrogens (tertiary/aromatic N) is 4. The summed E-state index contributed by atoms with van der Waals surface area (Å²) in [6.07, 6.45) is 3.61. The Bertz CT molecular complexity index is 1170. The second kappa shape index (κ2) is 9.16. The summed E-state index contributed by atoms with van der Waals surface area (Å²) in [5.74, 6) is 0. The van der Waals surface area contributed by atoms with Crippen molar-refractivity contribution >= 4 is 21.4 Å². The fraction of sp³-hybridized carbons (Fsp3) is 0.217. The molecule has 2 heterocycles. The van der Waals surface area contributed by atoms with Crippen LogP contribution in [0, 0.1) is 11.3 Å². The van der Waals surface area contributed by atoms with Crippen LogP contribution < -0.4 is 14.5 Å². The number of benzene rings is 2. The average Bonchev–Trinajstić information content (AvgIpc) is 2.84. The SMILES string of the molecule is N#Cc1ccc(S(=O)(=O)NCc2ccccc2N2CCN(c3ccncc3)CC2)cc1. The van der Waals surface area contributed by atoms with Crippen molar-refractivity contribution in [2.75, 3.05) is 36.0 Å². The summed E-state index contributed by atoms with van der Waals surface area (Å²) in [4.78, 5) is 8.85. The highest BCUT2D eigenvalue weighted by molar-refractivity contribution is 7.89. The highest BCUT2D eigenvalue weighted by Gasteiger charge is 2.20. The molecule has 1 aliphatic heterocycles. The van der Waals surface area contributed by atoms with Crippen molar-refractivity contribution in [3.63, 3.8) is 0 Å². The predicted octanol–water partition coefficient (Wildman–Crippen LogP) is 2.76. The third-order valence-corrected chi connectivity index (χ3v) is 6.80. The number of nitrogens with one attached hydrogen (secondary N) is 1. The topological polar surface area (TPSA) is 89.3 Å². The zero-order valence-corrected chi connectivity index (χ0v) is 17.8. The number of nitriles is 1. The molecular weight excluding hydrogens is 410 g/mol. The molecule has 1 aromatic heterocycles. The molecule has 8 heteroatoms. The van der Waals surface area contributed by atoms with Crippen LogP contribution in [0.2, 0.25) is 0 Å². The van der Waals surface area contributed by atoms with Crippen LogP contribution in [0.1, 0.15) is 11.1 Å². The molecule has 3 aromatic rings. The number of anilines is 2. The van der Waals surface area contributed by atoms with E-state index in [0.29, 0.717) is 5.56 Å². The molecule has 4 rings (SSSR count). The number of sulfonamides is 1. The minimum Gasteiger partial charge on any atom is -0.368 e. The summed E-state index contributed by atoms with van der Waals surface area (Å²) in [6, 6.07) is 19.8. The third-order valence-electron chi connectivity index (χ3n) is 5.39. The average molecular weight is 434 g/mol. The van der Waals surface area contributed by atoms with Gasteiger partial charge in [0.2, 0.25) is 10.0 Å². The molecule has 1 aliphatic rings. The molecule has 1 saturated heterocycles. The monoisotopic (exact) mass is 433 g/mol. The molecule has 0 atom stereocenters. The van der Waals surface area contributed by atoms with Crippen molar-refractivity contribution in [1.82, 2.24) is 9.71 Å². The van der Waals surface area contributed by atoms with E-state index in [1.54, 1.807) is 12.4 Å². The zero-order valence-electron chi connectivity index (χ0n) is 17.0. The molecule has 0 unspecified atom stereocenters. The first-order valence-corrected chi connectivity index (χ1v) is 11.5. The quantitative estimate of drug-likeness (QED) is 0.643. The summed E-state index contributed by atoms with van der Waals surface area (Å²) in [7, 11) is -3.67. The highest BCUT2D eigenvalue weighted by atomic mass is 32.2. The molecule has 7 nitrogen and oxygen atoms in total. The molecule has 1 fully saturated rings. The van der Waals surface area contributed by atoms with Crippen LogP contribution >= 0.6 is 0 Å². The molecule has 0 bridgehead atoms. The van der Waals surface area contributed by atoms with Crippen molar-refractivity contribution in [1.29, 1.82) is 5.26 Å². The van der Waals surface area contributed by atoms with Gasteiger partial charge in [-0.05, 0) is 48.0 Å². The number of para-hydroxylation sites is 1. The summed E-state index contributed by atoms with van der Waals surface area (Å²) in [5.41, 5.74) is 3.56. The minimum atomic E-state index is -3.67. The lowest BCUT2D eigenvalue weighted by Crippen LogP contribution is -2.47. The normalized spacial score (nSPS) is 14.3. The summed E-state index contributed by atoms with van der Waals surface area (Å²) in [6.45, 7) is 3.66. The first-order chi connectivity index (χ1) is 15.1. The molecule has 2 aromatic carbocycles. The van der Waals surface area contributed by atoms with Crippen LogP contribution in [0.15, 0.2) is 78.0 Å². The smallest absolute Gasteiger partial charge is 0.240 e. The Balaban J connectivity index is 1.44. The lowest BCUT2D eigenvalue weighted by molar-refractivity contribution is 0.581. The summed E-state index contributed by atoms with van der Waals surface area (Å²) in [5, 5.41) is 8.89. The van der Waals surface area contributed by atoms with Crippen LogP contribution in [-0.2, 0) is 16.6 Å². The van der Waals surface area contributed by atoms with Gasteiger partial charge in [0, 0.05) is 56.5 Å². The molecule has 0 amide bonds. The van der Waals surface area contributed by atoms with Crippen LogP contribution in [0.3, 0.4) is 0 Å². The molecule has 0 spiro atoms. The summed E-state index contributed by atoms with van der Waals surface area (Å²) >= 11 is 0. The van der Waals surface area contributed by atoms with Crippen molar-refractivity contribution in [3.05, 3.63) is 84.2 Å². The highest BCUT2D eigenvalue weighted by Crippen LogP contribution is 2.24. The van der Waals surface area contributed by atoms with Gasteiger partial charge >= 0.3 is 0 Å². The van der Waals surface area contributed by atoms with Gasteiger partial charge in [-0.1, -0.05) is 18.2 Å². The maximum absolute atomic E-state index is 12.7. The number of aromatic nitrogens is 1. The second-order valence-corrected chi connectivity index (χ2v) is 9.04. The Morgan fingerprint density at radius 2 is 1.55 bits per heavy atom. The van der Waals surface area contributed by atoms with Crippen LogP contribution in [0.4, 0.5) is 11.4 Å². The van der Waals surface area contributed by atoms with E-state index >= 15 is 0 Å². The second-order valence-electron chi connectivity index (χ2n) is 7.27. The Kier molecular flexibility index (Phi) is 6.16. The van der Waals surface area contributed by atoms with Crippen molar-refractivity contribution in [2.24, 2.45) is 0 Å². The first-order valence-electron chi connectivity index (χ1n) is 10.0. The number of pyridine rings is 1. The van der Waals surface area contributed by atoms with E-state index in [0.717, 1.165) is 43.1 Å². The van der Waals surface area contributed by atoms with E-state index in [2.05, 4.69) is 19.5 Å². The number of hydrogen-bond acceptors (Lipinski definition) is 6. The van der Waals surface area contributed by atoms with E-state index in [-0.39, 0.29) is 11.4 Å². The van der Waals surface area contributed by atoms with Gasteiger partial charge in [0.05, 0.1) is 16.5 Å². The zero-order chi connectivity index (χ0) is 21.7. The Hall–Kier alpha value is -3.41. The van der Waals surface area contributed by atoms with Gasteiger partial charge in [0.1, 0.15) is 0 Å². The lowest BCUT2D eigenvalue weighted by atomic mass is 10.1. The van der Waals surface area contributed by atoms with Gasteiger partial charge in [-0.3, -0.25) is 4.98 Å². The lowest BCUT2D eigenvalue weighted by Gasteiger charge is -2.38. The molecule has 0 aliphatic carbocycles. The molecule has 0 saturated carbocycles. The third kappa shape index (κ3) is 4.85. The Morgan fingerprint density at radius 3 is 2.23 bits per heavy atom. The van der Waals surface area contributed by atoms with Gasteiger partial charge in [-0.15, -0.1) is 0 Å². The van der Waals surface area contributed by atoms with Gasteiger partial charge in [0.15, 0.2) is 0 Å². The van der Waals surface area contributed by atoms with Crippen molar-refractivity contribution < 1.29 is 8.42 Å². The molecule has 1 N–H and O–H groups in total. The minimum absolute atomic E-state index is 0.148. The van der Waals surface area contributed by atoms with Crippen LogP contribution in [-0.4, -0.2) is 39.6 Å². The van der Waals surface area contributed by atoms with Crippen molar-refractivity contribution in [3.8, 4) is 6.07 Å². The standard InChI is InChI=1S/C23H23N5O2S/c24-17-19-5-7-22(8-6-19)31(29,30)26-18-20-3-1-2-4-23(20)28-15-13-27(14-16-28)21-9-11-25-12-10-21/h1-12,26H,13-16,18H2. The molecule has 0 radical (unpaired) electrons. The van der Waals surface area contributed by atoms with Gasteiger partial charge in [-0.2, -0.15) is 5.26 Å². The number of rotatable bonds is 6. The molecule has 31 heavy (non-hydrogen) atoms. The maximum Gasteiger partial charge on any atom is 0.240 e. The summed E-state index contributed by atoms with van der Waals surface area (Å²) < 4.78 is 28.0. The van der Waals surface area contributed by atoms with E-state index in [1.807, 2.05) is 42.5 Å². The van der Waals surface area contributed by atoms with E-state index in [4.69, 9.17) is 5.26 Å². The van der Waals surface area contributed by atoms with Crippen LogP contribution in [0.5, 0.6) is 0 Å². The van der Waals surface area contributed by atoms with Gasteiger partial charge < -0.3 is 9.80 Å². The Morgan fingerprint density at radius 1 is 0.903 bits per heavy atom. The van der Waals surface area contributed by atoms with Crippen molar-refractivity contribution in [2.45, 2.75) is 11.4 Å². The number of hydrogen-bond donors (Lipinski definition) is 1. The fourth-order valence-corrected chi connectivity index (χ4v) is 4.70. The van der Waals surface area contributed by atoms with Crippen LogP contribution in [0.25, 0.3) is 0 Å². The first kappa shape index (κ1) is 20.8. The van der Waals surface area contributed by atoms with E-state index in [1.165, 1.54) is 24.3 Å². The predicted molar refractivity (Wildman–Crippen MR) is 120 cm³/mol. The van der Waals surface area contributed by atoms with E-state index < -0.39 is 10.0 Å². The van der Waals surface area contributed by atoms with Gasteiger partial charge in [-0.25, -0.2) is 13.1 Å². The number of piperazine rings is 1. The maximum atomic E-state index is 12.7. The molecular formula is C23H23N5O2S.